The second-order valence-corrected chi connectivity index (χ2v) is 7.06. The molecule has 0 saturated carbocycles. The molecular formula is C11H21NO5S. The maximum absolute atomic E-state index is 11.8. The molecule has 1 aliphatic heterocycles. The van der Waals surface area contributed by atoms with Crippen LogP contribution in [-0.2, 0) is 23.8 Å². The summed E-state index contributed by atoms with van der Waals surface area (Å²) in [6.45, 7) is 6.49. The van der Waals surface area contributed by atoms with Gasteiger partial charge in [0.05, 0.1) is 13.4 Å². The average Bonchev–Trinajstić information content (AvgIpc) is 2.57. The molecule has 0 radical (unpaired) electrons. The predicted octanol–water partition coefficient (Wildman–Crippen LogP) is 0.377. The van der Waals surface area contributed by atoms with Crippen LogP contribution in [-0.4, -0.2) is 56.9 Å². The first-order valence-corrected chi connectivity index (χ1v) is 7.61. The molecule has 0 aromatic heterocycles. The van der Waals surface area contributed by atoms with E-state index in [0.29, 0.717) is 13.0 Å². The van der Waals surface area contributed by atoms with Gasteiger partial charge in [-0.2, -0.15) is 8.42 Å². The number of esters is 1. The highest BCUT2D eigenvalue weighted by Crippen LogP contribution is 2.30. The summed E-state index contributed by atoms with van der Waals surface area (Å²) in [5.41, 5.74) is -0.255. The molecule has 2 atom stereocenters. The Balaban J connectivity index is 2.98. The van der Waals surface area contributed by atoms with Crippen LogP contribution < -0.4 is 0 Å². The van der Waals surface area contributed by atoms with E-state index in [1.165, 1.54) is 7.11 Å². The molecule has 1 heterocycles. The molecule has 18 heavy (non-hydrogen) atoms. The molecule has 0 spiro atoms. The van der Waals surface area contributed by atoms with Gasteiger partial charge in [0.25, 0.3) is 10.1 Å². The van der Waals surface area contributed by atoms with E-state index in [0.717, 1.165) is 6.26 Å². The number of ether oxygens (including phenoxy) is 1. The van der Waals surface area contributed by atoms with Crippen LogP contribution in [0.2, 0.25) is 0 Å². The van der Waals surface area contributed by atoms with Gasteiger partial charge in [-0.15, -0.1) is 0 Å². The van der Waals surface area contributed by atoms with Crippen LogP contribution in [0.1, 0.15) is 27.2 Å². The quantitative estimate of drug-likeness (QED) is 0.549. The lowest BCUT2D eigenvalue weighted by atomic mass is 10.0. The SMILES string of the molecule is COC(=O)C1C(OS(C)(=O)=O)CCN1C(C)(C)C. The Morgan fingerprint density at radius 3 is 2.28 bits per heavy atom. The van der Waals surface area contributed by atoms with E-state index >= 15 is 0 Å². The van der Waals surface area contributed by atoms with E-state index in [1.807, 2.05) is 25.7 Å². The fraction of sp³-hybridized carbons (Fsp3) is 0.909. The highest BCUT2D eigenvalue weighted by molar-refractivity contribution is 7.86. The molecule has 1 aliphatic rings. The highest BCUT2D eigenvalue weighted by Gasteiger charge is 2.46. The first-order valence-electron chi connectivity index (χ1n) is 5.79. The van der Waals surface area contributed by atoms with Crippen molar-refractivity contribution in [2.24, 2.45) is 0 Å². The summed E-state index contributed by atoms with van der Waals surface area (Å²) in [5, 5.41) is 0. The molecule has 7 heteroatoms. The summed E-state index contributed by atoms with van der Waals surface area (Å²) >= 11 is 0. The van der Waals surface area contributed by atoms with Crippen molar-refractivity contribution in [3.05, 3.63) is 0 Å². The van der Waals surface area contributed by atoms with Gasteiger partial charge in [-0.1, -0.05) is 0 Å². The van der Waals surface area contributed by atoms with Gasteiger partial charge < -0.3 is 4.74 Å². The van der Waals surface area contributed by atoms with E-state index in [-0.39, 0.29) is 5.54 Å². The zero-order valence-electron chi connectivity index (χ0n) is 11.5. The van der Waals surface area contributed by atoms with Crippen LogP contribution in [0.4, 0.5) is 0 Å². The fourth-order valence-electron chi connectivity index (χ4n) is 2.24. The Bertz CT molecular complexity index is 412. The Hall–Kier alpha value is -0.660. The number of hydrogen-bond acceptors (Lipinski definition) is 6. The van der Waals surface area contributed by atoms with Crippen LogP contribution in [0, 0.1) is 0 Å². The van der Waals surface area contributed by atoms with Crippen molar-refractivity contribution in [2.75, 3.05) is 19.9 Å². The average molecular weight is 279 g/mol. The summed E-state index contributed by atoms with van der Waals surface area (Å²) in [6.07, 6.45) is 0.803. The summed E-state index contributed by atoms with van der Waals surface area (Å²) in [5.74, 6) is -0.462. The molecule has 0 amide bonds. The molecule has 1 saturated heterocycles. The smallest absolute Gasteiger partial charge is 0.325 e. The Kier molecular flexibility index (Phi) is 4.40. The first-order chi connectivity index (χ1) is 8.06. The van der Waals surface area contributed by atoms with Gasteiger partial charge in [0.2, 0.25) is 0 Å². The van der Waals surface area contributed by atoms with Crippen LogP contribution in [0.5, 0.6) is 0 Å². The summed E-state index contributed by atoms with van der Waals surface area (Å²) in [6, 6.07) is -0.676. The molecule has 6 nitrogen and oxygen atoms in total. The molecule has 1 rings (SSSR count). The van der Waals surface area contributed by atoms with Crippen molar-refractivity contribution in [3.8, 4) is 0 Å². The van der Waals surface area contributed by atoms with Crippen molar-refractivity contribution in [3.63, 3.8) is 0 Å². The normalized spacial score (nSPS) is 26.3. The van der Waals surface area contributed by atoms with Gasteiger partial charge in [0.15, 0.2) is 0 Å². The van der Waals surface area contributed by atoms with Gasteiger partial charge in [-0.3, -0.25) is 13.9 Å². The topological polar surface area (TPSA) is 72.9 Å². The van der Waals surface area contributed by atoms with Gasteiger partial charge >= 0.3 is 5.97 Å². The van der Waals surface area contributed by atoms with Crippen LogP contribution in [0.15, 0.2) is 0 Å². The van der Waals surface area contributed by atoms with E-state index in [9.17, 15) is 13.2 Å². The maximum Gasteiger partial charge on any atom is 0.325 e. The Morgan fingerprint density at radius 1 is 1.33 bits per heavy atom. The Labute approximate surface area is 108 Å². The minimum atomic E-state index is -3.59. The molecule has 0 bridgehead atoms. The molecule has 1 fully saturated rings. The zero-order chi connectivity index (χ0) is 14.1. The number of carbonyl (C=O) groups is 1. The summed E-state index contributed by atoms with van der Waals surface area (Å²) < 4.78 is 32.2. The lowest BCUT2D eigenvalue weighted by Gasteiger charge is -2.36. The zero-order valence-corrected chi connectivity index (χ0v) is 12.3. The van der Waals surface area contributed by atoms with E-state index in [1.54, 1.807) is 0 Å². The lowest BCUT2D eigenvalue weighted by molar-refractivity contribution is -0.150. The monoisotopic (exact) mass is 279 g/mol. The maximum atomic E-state index is 11.8. The molecule has 0 aromatic carbocycles. The van der Waals surface area contributed by atoms with Crippen molar-refractivity contribution in [1.29, 1.82) is 0 Å². The van der Waals surface area contributed by atoms with Gasteiger partial charge in [0.1, 0.15) is 12.1 Å². The van der Waals surface area contributed by atoms with Crippen LogP contribution >= 0.6 is 0 Å². The third-order valence-electron chi connectivity index (χ3n) is 2.95. The number of rotatable bonds is 3. The van der Waals surface area contributed by atoms with Gasteiger partial charge in [-0.05, 0) is 27.2 Å². The number of nitrogens with zero attached hydrogens (tertiary/aromatic N) is 1. The van der Waals surface area contributed by atoms with Crippen molar-refractivity contribution < 1.29 is 22.1 Å². The number of hydrogen-bond donors (Lipinski definition) is 0. The fourth-order valence-corrected chi connectivity index (χ4v) is 2.89. The van der Waals surface area contributed by atoms with Crippen molar-refractivity contribution >= 4 is 16.1 Å². The van der Waals surface area contributed by atoms with E-state index in [4.69, 9.17) is 8.92 Å². The van der Waals surface area contributed by atoms with Crippen molar-refractivity contribution in [2.45, 2.75) is 44.9 Å². The van der Waals surface area contributed by atoms with E-state index < -0.39 is 28.2 Å². The van der Waals surface area contributed by atoms with Crippen LogP contribution in [0.25, 0.3) is 0 Å². The summed E-state index contributed by atoms with van der Waals surface area (Å²) in [7, 11) is -2.29. The number of methoxy groups -OCH3 is 1. The third-order valence-corrected chi connectivity index (χ3v) is 3.54. The second-order valence-electron chi connectivity index (χ2n) is 5.46. The third kappa shape index (κ3) is 3.66. The molecule has 106 valence electrons. The molecular weight excluding hydrogens is 258 g/mol. The standard InChI is InChI=1S/C11H21NO5S/c1-11(2,3)12-7-6-8(17-18(5,14)15)9(12)10(13)16-4/h8-9H,6-7H2,1-5H3. The first kappa shape index (κ1) is 15.4. The summed E-state index contributed by atoms with van der Waals surface area (Å²) in [4.78, 5) is 13.7. The van der Waals surface area contributed by atoms with E-state index in [2.05, 4.69) is 0 Å². The van der Waals surface area contributed by atoms with Gasteiger partial charge in [-0.25, -0.2) is 0 Å². The highest BCUT2D eigenvalue weighted by atomic mass is 32.2. The predicted molar refractivity (Wildman–Crippen MR) is 66.6 cm³/mol. The minimum absolute atomic E-state index is 0.255. The van der Waals surface area contributed by atoms with Crippen molar-refractivity contribution in [1.82, 2.24) is 4.90 Å². The molecule has 2 unspecified atom stereocenters. The Morgan fingerprint density at radius 2 is 1.89 bits per heavy atom. The van der Waals surface area contributed by atoms with Crippen LogP contribution in [0.3, 0.4) is 0 Å². The molecule has 0 aliphatic carbocycles. The minimum Gasteiger partial charge on any atom is -0.468 e. The molecule has 0 N–H and O–H groups in total. The number of carbonyl (C=O) groups excluding carboxylic acids is 1. The van der Waals surface area contributed by atoms with Gasteiger partial charge in [0, 0.05) is 12.1 Å². The molecule has 0 aromatic rings. The second kappa shape index (κ2) is 5.14. The number of likely N-dealkylation sites (tertiary alicyclic amines) is 1. The lowest BCUT2D eigenvalue weighted by Crippen LogP contribution is -2.52. The largest absolute Gasteiger partial charge is 0.468 e.